The van der Waals surface area contributed by atoms with Gasteiger partial charge in [0.2, 0.25) is 0 Å². The Morgan fingerprint density at radius 1 is 1.31 bits per heavy atom. The maximum Gasteiger partial charge on any atom is 0.0159 e. The lowest BCUT2D eigenvalue weighted by Gasteiger charge is -2.26. The fourth-order valence-electron chi connectivity index (χ4n) is 1.74. The van der Waals surface area contributed by atoms with Crippen LogP contribution >= 0.6 is 0 Å². The Morgan fingerprint density at radius 3 is 2.85 bits per heavy atom. The third kappa shape index (κ3) is 2.57. The Balaban J connectivity index is 1.72. The van der Waals surface area contributed by atoms with Crippen molar-refractivity contribution in [2.24, 2.45) is 0 Å². The summed E-state index contributed by atoms with van der Waals surface area (Å²) in [5, 5.41) is 3.36. The van der Waals surface area contributed by atoms with Crippen molar-refractivity contribution in [1.29, 1.82) is 0 Å². The van der Waals surface area contributed by atoms with Gasteiger partial charge in [-0.2, -0.15) is 0 Å². The lowest BCUT2D eigenvalue weighted by Crippen LogP contribution is -2.44. The van der Waals surface area contributed by atoms with Crippen molar-refractivity contribution in [2.45, 2.75) is 6.42 Å². The number of H-pyrrole nitrogens is 1. The molecule has 3 nitrogen and oxygen atoms in total. The van der Waals surface area contributed by atoms with Crippen LogP contribution in [0.25, 0.3) is 0 Å². The average Bonchev–Trinajstić information content (AvgIpc) is 2.69. The van der Waals surface area contributed by atoms with E-state index in [0.29, 0.717) is 0 Å². The molecule has 1 saturated heterocycles. The first-order valence-electron chi connectivity index (χ1n) is 5.00. The maximum atomic E-state index is 3.36. The fourth-order valence-corrected chi connectivity index (χ4v) is 1.74. The van der Waals surface area contributed by atoms with E-state index in [0.717, 1.165) is 19.5 Å². The molecule has 3 heteroatoms. The van der Waals surface area contributed by atoms with Crippen molar-refractivity contribution in [3.05, 3.63) is 24.0 Å². The van der Waals surface area contributed by atoms with Crippen LogP contribution in [0.3, 0.4) is 0 Å². The summed E-state index contributed by atoms with van der Waals surface area (Å²) in [4.78, 5) is 5.75. The largest absolute Gasteiger partial charge is 0.365 e. The lowest BCUT2D eigenvalue weighted by atomic mass is 10.2. The summed E-state index contributed by atoms with van der Waals surface area (Å²) in [5.74, 6) is 0. The summed E-state index contributed by atoms with van der Waals surface area (Å²) in [6.07, 6.45) is 3.14. The van der Waals surface area contributed by atoms with Crippen molar-refractivity contribution in [3.8, 4) is 0 Å². The standard InChI is InChI=1S/C10H17N3/c1-2-10(12-4-1)3-7-13-8-5-11-6-9-13/h1-2,4,11-12H,3,5-9H2. The number of aromatic amines is 1. The molecule has 2 heterocycles. The molecule has 2 rings (SSSR count). The van der Waals surface area contributed by atoms with E-state index in [2.05, 4.69) is 27.3 Å². The molecule has 72 valence electrons. The highest BCUT2D eigenvalue weighted by molar-refractivity contribution is 5.03. The van der Waals surface area contributed by atoms with Gasteiger partial charge in [-0.25, -0.2) is 0 Å². The average molecular weight is 179 g/mol. The van der Waals surface area contributed by atoms with Crippen molar-refractivity contribution < 1.29 is 0 Å². The number of nitrogens with one attached hydrogen (secondary N) is 2. The molecule has 0 bridgehead atoms. The molecule has 0 unspecified atom stereocenters. The maximum absolute atomic E-state index is 3.36. The second-order valence-corrected chi connectivity index (χ2v) is 3.54. The van der Waals surface area contributed by atoms with Crippen LogP contribution < -0.4 is 5.32 Å². The zero-order chi connectivity index (χ0) is 8.93. The van der Waals surface area contributed by atoms with Gasteiger partial charge in [0.05, 0.1) is 0 Å². The second-order valence-electron chi connectivity index (χ2n) is 3.54. The molecule has 0 radical (unpaired) electrons. The zero-order valence-electron chi connectivity index (χ0n) is 7.92. The molecule has 0 amide bonds. The zero-order valence-corrected chi connectivity index (χ0v) is 7.92. The summed E-state index contributed by atoms with van der Waals surface area (Å²) >= 11 is 0. The summed E-state index contributed by atoms with van der Waals surface area (Å²) < 4.78 is 0. The van der Waals surface area contributed by atoms with Crippen molar-refractivity contribution in [1.82, 2.24) is 15.2 Å². The van der Waals surface area contributed by atoms with Gasteiger partial charge in [-0.1, -0.05) is 0 Å². The van der Waals surface area contributed by atoms with Gasteiger partial charge in [0.25, 0.3) is 0 Å². The summed E-state index contributed by atoms with van der Waals surface area (Å²) in [6, 6.07) is 4.22. The van der Waals surface area contributed by atoms with Crippen LogP contribution in [-0.4, -0.2) is 42.6 Å². The first kappa shape index (κ1) is 8.78. The van der Waals surface area contributed by atoms with Gasteiger partial charge in [-0.05, 0) is 12.1 Å². The first-order chi connectivity index (χ1) is 6.45. The molecular weight excluding hydrogens is 162 g/mol. The Kier molecular flexibility index (Phi) is 3.00. The normalized spacial score (nSPS) is 19.1. The molecule has 2 N–H and O–H groups in total. The SMILES string of the molecule is c1c[nH]c(CCN2CCNCC2)c1. The monoisotopic (exact) mass is 179 g/mol. The van der Waals surface area contributed by atoms with E-state index in [1.54, 1.807) is 0 Å². The molecule has 0 aliphatic carbocycles. The topological polar surface area (TPSA) is 31.1 Å². The number of aromatic nitrogens is 1. The lowest BCUT2D eigenvalue weighted by molar-refractivity contribution is 0.243. The number of hydrogen-bond acceptors (Lipinski definition) is 2. The van der Waals surface area contributed by atoms with E-state index in [1.807, 2.05) is 6.20 Å². The van der Waals surface area contributed by atoms with Gasteiger partial charge in [-0.3, -0.25) is 0 Å². The minimum Gasteiger partial charge on any atom is -0.365 e. The highest BCUT2D eigenvalue weighted by Crippen LogP contribution is 1.99. The third-order valence-electron chi connectivity index (χ3n) is 2.57. The minimum absolute atomic E-state index is 1.14. The van der Waals surface area contributed by atoms with Crippen molar-refractivity contribution >= 4 is 0 Å². The van der Waals surface area contributed by atoms with Crippen LogP contribution in [0.1, 0.15) is 5.69 Å². The first-order valence-corrected chi connectivity index (χ1v) is 5.00. The van der Waals surface area contributed by atoms with Crippen LogP contribution in [0, 0.1) is 0 Å². The molecule has 13 heavy (non-hydrogen) atoms. The molecule has 1 aromatic rings. The van der Waals surface area contributed by atoms with Crippen LogP contribution in [0.4, 0.5) is 0 Å². The van der Waals surface area contributed by atoms with Crippen molar-refractivity contribution in [3.63, 3.8) is 0 Å². The van der Waals surface area contributed by atoms with Crippen LogP contribution in [0.15, 0.2) is 18.3 Å². The van der Waals surface area contributed by atoms with E-state index >= 15 is 0 Å². The van der Waals surface area contributed by atoms with Gasteiger partial charge in [-0.15, -0.1) is 0 Å². The number of hydrogen-bond donors (Lipinski definition) is 2. The van der Waals surface area contributed by atoms with E-state index in [-0.39, 0.29) is 0 Å². The Bertz CT molecular complexity index is 224. The van der Waals surface area contributed by atoms with Crippen LogP contribution in [-0.2, 0) is 6.42 Å². The van der Waals surface area contributed by atoms with Gasteiger partial charge in [0.15, 0.2) is 0 Å². The Labute approximate surface area is 79.1 Å². The highest BCUT2D eigenvalue weighted by atomic mass is 15.2. The molecule has 1 aliphatic rings. The van der Waals surface area contributed by atoms with Gasteiger partial charge in [0.1, 0.15) is 0 Å². The number of piperazine rings is 1. The molecular formula is C10H17N3. The Morgan fingerprint density at radius 2 is 2.15 bits per heavy atom. The second kappa shape index (κ2) is 4.44. The predicted molar refractivity (Wildman–Crippen MR) is 53.8 cm³/mol. The summed E-state index contributed by atoms with van der Waals surface area (Å²) in [7, 11) is 0. The summed E-state index contributed by atoms with van der Waals surface area (Å²) in [6.45, 7) is 5.86. The Hall–Kier alpha value is -0.800. The molecule has 1 aromatic heterocycles. The van der Waals surface area contributed by atoms with Gasteiger partial charge >= 0.3 is 0 Å². The van der Waals surface area contributed by atoms with Gasteiger partial charge < -0.3 is 15.2 Å². The van der Waals surface area contributed by atoms with Crippen molar-refractivity contribution in [2.75, 3.05) is 32.7 Å². The number of nitrogens with zero attached hydrogens (tertiary/aromatic N) is 1. The molecule has 0 aromatic carbocycles. The molecule has 0 spiro atoms. The minimum atomic E-state index is 1.14. The quantitative estimate of drug-likeness (QED) is 0.706. The van der Waals surface area contributed by atoms with E-state index in [4.69, 9.17) is 0 Å². The number of rotatable bonds is 3. The molecule has 1 fully saturated rings. The van der Waals surface area contributed by atoms with E-state index < -0.39 is 0 Å². The molecule has 0 saturated carbocycles. The third-order valence-corrected chi connectivity index (χ3v) is 2.57. The highest BCUT2D eigenvalue weighted by Gasteiger charge is 2.08. The van der Waals surface area contributed by atoms with Gasteiger partial charge in [0, 0.05) is 51.0 Å². The smallest absolute Gasteiger partial charge is 0.0159 e. The van der Waals surface area contributed by atoms with Crippen LogP contribution in [0.5, 0.6) is 0 Å². The van der Waals surface area contributed by atoms with Crippen LogP contribution in [0.2, 0.25) is 0 Å². The molecule has 1 aliphatic heterocycles. The predicted octanol–water partition coefficient (Wildman–Crippen LogP) is 0.462. The van der Waals surface area contributed by atoms with E-state index in [9.17, 15) is 0 Å². The molecule has 0 atom stereocenters. The fraction of sp³-hybridized carbons (Fsp3) is 0.600. The summed E-state index contributed by atoms with van der Waals surface area (Å²) in [5.41, 5.74) is 1.35. The van der Waals surface area contributed by atoms with E-state index in [1.165, 1.54) is 25.3 Å².